The van der Waals surface area contributed by atoms with Crippen LogP contribution in [-0.4, -0.2) is 61.3 Å². The zero-order valence-corrected chi connectivity index (χ0v) is 18.4. The molecule has 2 aliphatic heterocycles. The summed E-state index contributed by atoms with van der Waals surface area (Å²) in [6.07, 6.45) is 3.98. The second-order valence-corrected chi connectivity index (χ2v) is 9.23. The van der Waals surface area contributed by atoms with Crippen molar-refractivity contribution < 1.29 is 19.4 Å². The molecule has 0 aromatic heterocycles. The van der Waals surface area contributed by atoms with Crippen molar-refractivity contribution >= 4 is 33.6 Å². The van der Waals surface area contributed by atoms with Crippen molar-refractivity contribution in [3.63, 3.8) is 0 Å². The molecule has 29 heavy (non-hydrogen) atoms. The zero-order valence-electron chi connectivity index (χ0n) is 16.8. The van der Waals surface area contributed by atoms with Crippen LogP contribution in [0.3, 0.4) is 0 Å². The maximum Gasteiger partial charge on any atom is 0.338 e. The van der Waals surface area contributed by atoms with Gasteiger partial charge >= 0.3 is 11.9 Å². The molecule has 1 aromatic carbocycles. The summed E-state index contributed by atoms with van der Waals surface area (Å²) < 4.78 is 4.87. The molecule has 1 aromatic rings. The number of alkyl halides is 1. The number of anilines is 1. The van der Waals surface area contributed by atoms with Gasteiger partial charge < -0.3 is 14.7 Å². The number of carbonyl (C=O) groups is 2. The first-order valence-corrected chi connectivity index (χ1v) is 11.6. The van der Waals surface area contributed by atoms with Gasteiger partial charge in [-0.05, 0) is 61.3 Å². The Kier molecular flexibility index (Phi) is 6.16. The van der Waals surface area contributed by atoms with E-state index in [9.17, 15) is 14.7 Å². The summed E-state index contributed by atoms with van der Waals surface area (Å²) in [5.74, 6) is 0.114. The van der Waals surface area contributed by atoms with Crippen LogP contribution in [0.15, 0.2) is 18.2 Å². The minimum absolute atomic E-state index is 0.120. The number of rotatable bonds is 5. The van der Waals surface area contributed by atoms with Gasteiger partial charge in [-0.3, -0.25) is 9.69 Å². The molecule has 1 unspecified atom stereocenters. The van der Waals surface area contributed by atoms with E-state index in [0.29, 0.717) is 28.8 Å². The number of carboxylic acid groups (broad SMARTS) is 1. The second kappa shape index (κ2) is 8.64. The van der Waals surface area contributed by atoms with E-state index in [2.05, 4.69) is 31.8 Å². The monoisotopic (exact) mass is 464 g/mol. The van der Waals surface area contributed by atoms with Gasteiger partial charge in [-0.25, -0.2) is 4.79 Å². The molecule has 0 bridgehead atoms. The molecule has 158 valence electrons. The number of likely N-dealkylation sites (tertiary alicyclic amines) is 1. The standard InChI is InChI=1S/C22H29BrN2O4/c1-29-22(28)20-3-2-19(10-15(20)11-23)24-6-4-18(5-7-24)25-12-16-8-14(21(26)27)9-17(16)13-25/h2-3,10,14,16-18H,4-9,11-13H2,1H3,(H,26,27)/t14?,16-,17+. The van der Waals surface area contributed by atoms with Crippen molar-refractivity contribution in [2.75, 3.05) is 38.2 Å². The summed E-state index contributed by atoms with van der Waals surface area (Å²) >= 11 is 3.49. The maximum atomic E-state index is 11.9. The highest BCUT2D eigenvalue weighted by Crippen LogP contribution is 2.43. The Morgan fingerprint density at radius 3 is 2.38 bits per heavy atom. The van der Waals surface area contributed by atoms with E-state index in [1.807, 2.05) is 12.1 Å². The number of carbonyl (C=O) groups excluding carboxylic acids is 1. The van der Waals surface area contributed by atoms with E-state index in [0.717, 1.165) is 63.1 Å². The van der Waals surface area contributed by atoms with Crippen molar-refractivity contribution in [2.24, 2.45) is 17.8 Å². The molecule has 7 heteroatoms. The van der Waals surface area contributed by atoms with Crippen LogP contribution in [0.1, 0.15) is 41.6 Å². The predicted molar refractivity (Wildman–Crippen MR) is 115 cm³/mol. The van der Waals surface area contributed by atoms with E-state index in [1.165, 1.54) is 7.11 Å². The Bertz CT molecular complexity index is 764. The van der Waals surface area contributed by atoms with E-state index in [-0.39, 0.29) is 11.9 Å². The Balaban J connectivity index is 1.34. The third kappa shape index (κ3) is 4.17. The molecular weight excluding hydrogens is 436 g/mol. The number of carboxylic acids is 1. The highest BCUT2D eigenvalue weighted by Gasteiger charge is 2.45. The number of hydrogen-bond donors (Lipinski definition) is 1. The number of fused-ring (bicyclic) bond motifs is 1. The number of piperidine rings is 1. The fraction of sp³-hybridized carbons (Fsp3) is 0.636. The number of halogens is 1. The number of aliphatic carboxylic acids is 1. The van der Waals surface area contributed by atoms with E-state index < -0.39 is 5.97 Å². The average molecular weight is 465 g/mol. The highest BCUT2D eigenvalue weighted by atomic mass is 79.9. The van der Waals surface area contributed by atoms with Crippen molar-refractivity contribution in [3.05, 3.63) is 29.3 Å². The molecule has 4 rings (SSSR count). The van der Waals surface area contributed by atoms with E-state index in [1.54, 1.807) is 0 Å². The van der Waals surface area contributed by atoms with Gasteiger partial charge in [-0.15, -0.1) is 0 Å². The lowest BCUT2D eigenvalue weighted by molar-refractivity contribution is -0.141. The van der Waals surface area contributed by atoms with Crippen LogP contribution in [-0.2, 0) is 14.9 Å². The lowest BCUT2D eigenvalue weighted by Gasteiger charge is -2.38. The SMILES string of the molecule is COC(=O)c1ccc(N2CCC(N3C[C@H]4CC(C(=O)O)C[C@H]4C3)CC2)cc1CBr. The van der Waals surface area contributed by atoms with Crippen LogP contribution in [0, 0.1) is 17.8 Å². The fourth-order valence-corrected chi connectivity index (χ4v) is 5.99. The van der Waals surface area contributed by atoms with E-state index >= 15 is 0 Å². The van der Waals surface area contributed by atoms with Crippen molar-refractivity contribution in [1.29, 1.82) is 0 Å². The van der Waals surface area contributed by atoms with Crippen LogP contribution in [0.5, 0.6) is 0 Å². The first-order chi connectivity index (χ1) is 14.0. The molecule has 0 radical (unpaired) electrons. The largest absolute Gasteiger partial charge is 0.481 e. The zero-order chi connectivity index (χ0) is 20.5. The lowest BCUT2D eigenvalue weighted by atomic mass is 10.0. The van der Waals surface area contributed by atoms with Gasteiger partial charge in [-0.1, -0.05) is 15.9 Å². The Morgan fingerprint density at radius 1 is 1.17 bits per heavy atom. The van der Waals surface area contributed by atoms with Gasteiger partial charge in [0.05, 0.1) is 18.6 Å². The predicted octanol–water partition coefficient (Wildman–Crippen LogP) is 3.38. The summed E-state index contributed by atoms with van der Waals surface area (Å²) in [5, 5.41) is 9.89. The van der Waals surface area contributed by atoms with Crippen LogP contribution >= 0.6 is 15.9 Å². The van der Waals surface area contributed by atoms with Gasteiger partial charge in [0.25, 0.3) is 0 Å². The molecule has 1 saturated carbocycles. The Labute approximate surface area is 180 Å². The van der Waals surface area contributed by atoms with Crippen LogP contribution in [0.2, 0.25) is 0 Å². The summed E-state index contributed by atoms with van der Waals surface area (Å²) in [5.41, 5.74) is 2.73. The number of benzene rings is 1. The van der Waals surface area contributed by atoms with Gasteiger partial charge in [0.15, 0.2) is 0 Å². The number of methoxy groups -OCH3 is 1. The van der Waals surface area contributed by atoms with Crippen molar-refractivity contribution in [2.45, 2.75) is 37.1 Å². The number of hydrogen-bond acceptors (Lipinski definition) is 5. The number of ether oxygens (including phenoxy) is 1. The highest BCUT2D eigenvalue weighted by molar-refractivity contribution is 9.08. The van der Waals surface area contributed by atoms with Gasteiger partial charge in [0.1, 0.15) is 0 Å². The lowest BCUT2D eigenvalue weighted by Crippen LogP contribution is -2.44. The number of esters is 1. The summed E-state index contributed by atoms with van der Waals surface area (Å²) in [6, 6.07) is 6.58. The molecule has 3 fully saturated rings. The molecule has 0 spiro atoms. The Morgan fingerprint density at radius 2 is 1.83 bits per heavy atom. The third-order valence-corrected chi connectivity index (χ3v) is 7.72. The minimum Gasteiger partial charge on any atom is -0.481 e. The average Bonchev–Trinajstić information content (AvgIpc) is 3.32. The maximum absolute atomic E-state index is 11.9. The molecule has 3 aliphatic rings. The fourth-order valence-electron chi connectivity index (χ4n) is 5.52. The normalized spacial score (nSPS) is 27.8. The van der Waals surface area contributed by atoms with Gasteiger partial charge in [0.2, 0.25) is 0 Å². The molecule has 2 heterocycles. The minimum atomic E-state index is -0.611. The summed E-state index contributed by atoms with van der Waals surface area (Å²) in [4.78, 5) is 28.2. The molecular formula is C22H29BrN2O4. The molecule has 1 N–H and O–H groups in total. The molecule has 1 aliphatic carbocycles. The quantitative estimate of drug-likeness (QED) is 0.531. The summed E-state index contributed by atoms with van der Waals surface area (Å²) in [7, 11) is 1.41. The van der Waals surface area contributed by atoms with Crippen LogP contribution in [0.4, 0.5) is 5.69 Å². The van der Waals surface area contributed by atoms with Crippen LogP contribution in [0.25, 0.3) is 0 Å². The van der Waals surface area contributed by atoms with Crippen molar-refractivity contribution in [3.8, 4) is 0 Å². The van der Waals surface area contributed by atoms with Gasteiger partial charge in [0, 0.05) is 43.2 Å². The molecule has 2 saturated heterocycles. The van der Waals surface area contributed by atoms with Crippen LogP contribution < -0.4 is 4.90 Å². The smallest absolute Gasteiger partial charge is 0.338 e. The first-order valence-electron chi connectivity index (χ1n) is 10.5. The number of nitrogens with zero attached hydrogens (tertiary/aromatic N) is 2. The second-order valence-electron chi connectivity index (χ2n) is 8.67. The van der Waals surface area contributed by atoms with Crippen molar-refractivity contribution in [1.82, 2.24) is 4.90 Å². The molecule has 3 atom stereocenters. The Hall–Kier alpha value is -1.60. The topological polar surface area (TPSA) is 70.1 Å². The van der Waals surface area contributed by atoms with E-state index in [4.69, 9.17) is 4.74 Å². The molecule has 6 nitrogen and oxygen atoms in total. The van der Waals surface area contributed by atoms with Gasteiger partial charge in [-0.2, -0.15) is 0 Å². The summed E-state index contributed by atoms with van der Waals surface area (Å²) in [6.45, 7) is 4.16. The molecule has 0 amide bonds. The first kappa shape index (κ1) is 20.7. The third-order valence-electron chi connectivity index (χ3n) is 7.11.